The van der Waals surface area contributed by atoms with Gasteiger partial charge in [0.05, 0.1) is 6.61 Å². The first-order chi connectivity index (χ1) is 19.5. The summed E-state index contributed by atoms with van der Waals surface area (Å²) in [7, 11) is 0. The highest BCUT2D eigenvalue weighted by atomic mass is 16.6. The molecular weight excluding hydrogens is 494 g/mol. The molecule has 226 valence electrons. The van der Waals surface area contributed by atoms with E-state index < -0.39 is 43.2 Å². The van der Waals surface area contributed by atoms with E-state index in [1.54, 1.807) is 12.2 Å². The first-order valence-corrected chi connectivity index (χ1v) is 15.4. The highest BCUT2D eigenvalue weighted by molar-refractivity contribution is 5.88. The number of hydrogen-bond donors (Lipinski definition) is 5. The van der Waals surface area contributed by atoms with E-state index in [-0.39, 0.29) is 0 Å². The van der Waals surface area contributed by atoms with E-state index in [1.807, 2.05) is 12.2 Å². The summed E-state index contributed by atoms with van der Waals surface area (Å²) >= 11 is 0. The molecule has 1 heterocycles. The number of nitrogens with one attached hydrogen (secondary N) is 1. The van der Waals surface area contributed by atoms with Crippen LogP contribution >= 0.6 is 0 Å². The molecule has 0 aromatic rings. The maximum Gasteiger partial charge on any atom is 0.244 e. The molecule has 0 saturated carbocycles. The topological polar surface area (TPSA) is 119 Å². The predicted octanol–water partition coefficient (Wildman–Crippen LogP) is 5.61. The van der Waals surface area contributed by atoms with Crippen LogP contribution in [0.3, 0.4) is 0 Å². The maximum atomic E-state index is 12.0. The first-order valence-electron chi connectivity index (χ1n) is 16.1. The molecule has 1 aliphatic heterocycles. The van der Waals surface area contributed by atoms with Crippen LogP contribution < -0.4 is 5.32 Å². The molecule has 0 aliphatic carbocycles. The third-order valence-corrected chi connectivity index (χ3v) is 7.30. The number of ether oxygens (including phenoxy) is 1. The zero-order valence-corrected chi connectivity index (χ0v) is 24.1. The largest absolute Gasteiger partial charge is 0.394 e. The third-order valence-electron chi connectivity index (χ3n) is 7.30. The number of aliphatic hydroxyl groups excluding tert-OH is 4. The Morgan fingerprint density at radius 2 is 1.26 bits per heavy atom. The lowest BCUT2D eigenvalue weighted by molar-refractivity contribution is -0.253. The minimum absolute atomic E-state index is 0.538. The van der Waals surface area contributed by atoms with Crippen LogP contribution in [0.2, 0.25) is 0 Å². The van der Waals surface area contributed by atoms with Crippen LogP contribution in [-0.4, -0.2) is 63.6 Å². The number of carbonyl (C=O) groups excluding carboxylic acids is 1. The van der Waals surface area contributed by atoms with Crippen LogP contribution in [0.5, 0.6) is 0 Å². The highest BCUT2D eigenvalue weighted by Crippen LogP contribution is 2.20. The quantitative estimate of drug-likeness (QED) is 0.0638. The van der Waals surface area contributed by atoms with Crippen molar-refractivity contribution in [3.63, 3.8) is 0 Å². The molecule has 0 radical (unpaired) electrons. The van der Waals surface area contributed by atoms with Gasteiger partial charge in [-0.25, -0.2) is 0 Å². The molecule has 1 rings (SSSR count). The van der Waals surface area contributed by atoms with Gasteiger partial charge in [0.1, 0.15) is 24.4 Å². The molecule has 7 heteroatoms. The number of hydrogen-bond acceptors (Lipinski definition) is 6. The fourth-order valence-corrected chi connectivity index (χ4v) is 4.83. The summed E-state index contributed by atoms with van der Waals surface area (Å²) in [5.74, 6) is -0.538. The van der Waals surface area contributed by atoms with Crippen molar-refractivity contribution in [1.82, 2.24) is 5.32 Å². The average molecular weight is 553 g/mol. The minimum Gasteiger partial charge on any atom is -0.394 e. The number of amides is 1. The summed E-state index contributed by atoms with van der Waals surface area (Å²) in [5.41, 5.74) is 0. The lowest BCUT2D eigenvalue weighted by Gasteiger charge is -2.40. The molecule has 39 heavy (non-hydrogen) atoms. The van der Waals surface area contributed by atoms with Crippen molar-refractivity contribution in [2.45, 2.75) is 153 Å². The standard InChI is InChI=1S/C32H57NO6/c1-2-3-4-5-6-7-8-9-10-11-12-13-14-15-16-17-18-19-20-21-22-23-24-25-28(35)33-29-31(37)30(36)27(26-34)39-32(29)38/h20-25,27,29-32,34,36-38H,2-19,26H2,1H3,(H,33,35)/t27-,29-,30-,31-,32?/m1/s1/i1D. The van der Waals surface area contributed by atoms with E-state index in [9.17, 15) is 20.1 Å². The number of allylic oxidation sites excluding steroid dienone is 5. The van der Waals surface area contributed by atoms with Crippen molar-refractivity contribution >= 4 is 5.91 Å². The number of carbonyl (C=O) groups is 1. The Balaban J connectivity index is 1.92. The van der Waals surface area contributed by atoms with Gasteiger partial charge in [-0.2, -0.15) is 0 Å². The molecule has 0 aromatic carbocycles. The number of rotatable bonds is 23. The van der Waals surface area contributed by atoms with E-state index in [0.29, 0.717) is 6.90 Å². The second kappa shape index (κ2) is 24.3. The zero-order valence-electron chi connectivity index (χ0n) is 25.1. The first kappa shape index (κ1) is 33.7. The number of aliphatic hydroxyl groups is 4. The lowest BCUT2D eigenvalue weighted by atomic mass is 9.97. The lowest BCUT2D eigenvalue weighted by Crippen LogP contribution is -2.64. The second-order valence-electron chi connectivity index (χ2n) is 10.7. The summed E-state index contributed by atoms with van der Waals surface area (Å²) in [6.07, 6.45) is 28.5. The van der Waals surface area contributed by atoms with Crippen LogP contribution in [-0.2, 0) is 9.53 Å². The fourth-order valence-electron chi connectivity index (χ4n) is 4.83. The summed E-state index contributed by atoms with van der Waals surface area (Å²) in [6.45, 7) is 0.0391. The van der Waals surface area contributed by atoms with Crippen molar-refractivity contribution in [3.8, 4) is 0 Å². The van der Waals surface area contributed by atoms with Crippen molar-refractivity contribution in [2.24, 2.45) is 0 Å². The van der Waals surface area contributed by atoms with E-state index >= 15 is 0 Å². The van der Waals surface area contributed by atoms with Crippen molar-refractivity contribution in [2.75, 3.05) is 6.61 Å². The third kappa shape index (κ3) is 17.7. The molecule has 1 saturated heterocycles. The Morgan fingerprint density at radius 3 is 1.79 bits per heavy atom. The molecule has 1 aliphatic rings. The van der Waals surface area contributed by atoms with Gasteiger partial charge in [0.15, 0.2) is 6.29 Å². The van der Waals surface area contributed by atoms with Crippen LogP contribution in [0, 0.1) is 0 Å². The maximum absolute atomic E-state index is 12.0. The highest BCUT2D eigenvalue weighted by Gasteiger charge is 2.44. The Hall–Kier alpha value is -1.51. The molecule has 0 spiro atoms. The van der Waals surface area contributed by atoms with Crippen LogP contribution in [0.4, 0.5) is 0 Å². The van der Waals surface area contributed by atoms with Crippen molar-refractivity contribution in [1.29, 1.82) is 0 Å². The molecule has 5 N–H and O–H groups in total. The average Bonchev–Trinajstić information content (AvgIpc) is 2.95. The van der Waals surface area contributed by atoms with E-state index in [1.165, 1.54) is 109 Å². The van der Waals surface area contributed by atoms with Crippen molar-refractivity contribution < 1.29 is 31.3 Å². The smallest absolute Gasteiger partial charge is 0.244 e. The molecule has 0 bridgehead atoms. The Bertz CT molecular complexity index is 701. The fraction of sp³-hybridized carbons (Fsp3) is 0.781. The molecular formula is C32H57NO6. The summed E-state index contributed by atoms with van der Waals surface area (Å²) < 4.78 is 12.2. The molecule has 1 amide bonds. The van der Waals surface area contributed by atoms with Gasteiger partial charge in [-0.1, -0.05) is 140 Å². The monoisotopic (exact) mass is 552 g/mol. The molecule has 1 unspecified atom stereocenters. The summed E-state index contributed by atoms with van der Waals surface area (Å²) in [4.78, 5) is 12.0. The normalized spacial score (nSPS) is 24.2. The minimum atomic E-state index is -1.53. The van der Waals surface area contributed by atoms with Gasteiger partial charge in [-0.3, -0.25) is 4.79 Å². The van der Waals surface area contributed by atoms with Crippen LogP contribution in [0.15, 0.2) is 36.5 Å². The van der Waals surface area contributed by atoms with Gasteiger partial charge in [-0.05, 0) is 12.8 Å². The zero-order chi connectivity index (χ0) is 29.3. The van der Waals surface area contributed by atoms with Gasteiger partial charge >= 0.3 is 0 Å². The van der Waals surface area contributed by atoms with Crippen LogP contribution in [0.1, 0.15) is 124 Å². The van der Waals surface area contributed by atoms with Gasteiger partial charge < -0.3 is 30.5 Å². The van der Waals surface area contributed by atoms with Gasteiger partial charge in [0, 0.05) is 7.45 Å². The van der Waals surface area contributed by atoms with Gasteiger partial charge in [0.25, 0.3) is 0 Å². The predicted molar refractivity (Wildman–Crippen MR) is 158 cm³/mol. The molecule has 7 nitrogen and oxygen atoms in total. The van der Waals surface area contributed by atoms with E-state index in [2.05, 4.69) is 11.4 Å². The van der Waals surface area contributed by atoms with Gasteiger partial charge in [-0.15, -0.1) is 0 Å². The Kier molecular flexibility index (Phi) is 21.0. The van der Waals surface area contributed by atoms with E-state index in [4.69, 9.17) is 11.2 Å². The molecule has 5 atom stereocenters. The van der Waals surface area contributed by atoms with Crippen molar-refractivity contribution in [3.05, 3.63) is 36.5 Å². The Labute approximate surface area is 238 Å². The second-order valence-corrected chi connectivity index (χ2v) is 10.7. The van der Waals surface area contributed by atoms with E-state index in [0.717, 1.165) is 12.8 Å². The summed E-state index contributed by atoms with van der Waals surface area (Å²) in [6, 6.07) is -1.19. The number of unbranched alkanes of at least 4 members (excludes halogenated alkanes) is 17. The molecule has 0 aromatic heterocycles. The SMILES string of the molecule is [2H]CCCCCCCCCCCCCCCCCCCC=CC=CC=CC(=O)N[C@H]1C(O)O[C@H](CO)[C@@H](O)[C@@H]1O. The van der Waals surface area contributed by atoms with Gasteiger partial charge in [0.2, 0.25) is 5.91 Å². The Morgan fingerprint density at radius 1 is 0.744 bits per heavy atom. The summed E-state index contributed by atoms with van der Waals surface area (Å²) in [5, 5.41) is 41.3. The molecule has 1 fully saturated rings. The van der Waals surface area contributed by atoms with Crippen LogP contribution in [0.25, 0.3) is 0 Å².